The monoisotopic (exact) mass is 136 g/mol. The van der Waals surface area contributed by atoms with Crippen molar-refractivity contribution in [1.29, 1.82) is 5.41 Å². The fourth-order valence-electron chi connectivity index (χ4n) is 0.667. The summed E-state index contributed by atoms with van der Waals surface area (Å²) in [5.41, 5.74) is 1.17. The van der Waals surface area contributed by atoms with Gasteiger partial charge in [0.2, 0.25) is 0 Å². The number of aromatic nitrogens is 1. The molecule has 0 saturated heterocycles. The highest BCUT2D eigenvalue weighted by atomic mass is 16.3. The second kappa shape index (κ2) is 3.08. The summed E-state index contributed by atoms with van der Waals surface area (Å²) >= 11 is 0. The van der Waals surface area contributed by atoms with Crippen LogP contribution in [-0.4, -0.2) is 16.3 Å². The van der Waals surface area contributed by atoms with Crippen molar-refractivity contribution in [3.63, 3.8) is 0 Å². The lowest BCUT2D eigenvalue weighted by Crippen LogP contribution is -1.92. The van der Waals surface area contributed by atoms with Gasteiger partial charge >= 0.3 is 0 Å². The molecule has 0 unspecified atom stereocenters. The maximum Gasteiger partial charge on any atom is 0.0853 e. The molecule has 0 aliphatic rings. The maximum absolute atomic E-state index is 8.62. The largest absolute Gasteiger partial charge is 0.390 e. The molecule has 0 radical (unpaired) electrons. The highest BCUT2D eigenvalue weighted by Crippen LogP contribution is 1.95. The van der Waals surface area contributed by atoms with Gasteiger partial charge in [-0.05, 0) is 12.1 Å². The standard InChI is InChI=1S/C7H8N2O/c8-4-6-2-1-3-7(5-10)9-6/h1-4,8,10H,5H2. The van der Waals surface area contributed by atoms with E-state index in [1.54, 1.807) is 18.2 Å². The summed E-state index contributed by atoms with van der Waals surface area (Å²) in [5, 5.41) is 15.5. The van der Waals surface area contributed by atoms with E-state index in [1.807, 2.05) is 0 Å². The molecule has 0 spiro atoms. The van der Waals surface area contributed by atoms with E-state index in [0.717, 1.165) is 6.21 Å². The van der Waals surface area contributed by atoms with Crippen LogP contribution >= 0.6 is 0 Å². The van der Waals surface area contributed by atoms with Gasteiger partial charge in [0, 0.05) is 6.21 Å². The molecule has 0 amide bonds. The summed E-state index contributed by atoms with van der Waals surface area (Å²) in [6, 6.07) is 5.19. The Morgan fingerprint density at radius 3 is 3.00 bits per heavy atom. The van der Waals surface area contributed by atoms with Gasteiger partial charge in [0.15, 0.2) is 0 Å². The molecule has 1 heterocycles. The number of aliphatic hydroxyl groups is 1. The molecule has 1 aromatic heterocycles. The van der Waals surface area contributed by atoms with E-state index in [2.05, 4.69) is 4.98 Å². The zero-order valence-corrected chi connectivity index (χ0v) is 5.41. The molecule has 0 aromatic carbocycles. The van der Waals surface area contributed by atoms with Crippen LogP contribution < -0.4 is 0 Å². The third-order valence-electron chi connectivity index (χ3n) is 1.14. The van der Waals surface area contributed by atoms with Crippen molar-refractivity contribution in [2.45, 2.75) is 6.61 Å². The third kappa shape index (κ3) is 1.39. The van der Waals surface area contributed by atoms with E-state index in [-0.39, 0.29) is 6.61 Å². The van der Waals surface area contributed by atoms with Crippen LogP contribution in [0.15, 0.2) is 18.2 Å². The number of nitrogens with zero attached hydrogens (tertiary/aromatic N) is 1. The first-order chi connectivity index (χ1) is 4.86. The number of nitrogens with one attached hydrogen (secondary N) is 1. The number of hydrogen-bond donors (Lipinski definition) is 2. The van der Waals surface area contributed by atoms with E-state index in [9.17, 15) is 0 Å². The second-order valence-electron chi connectivity index (χ2n) is 1.86. The van der Waals surface area contributed by atoms with Crippen molar-refractivity contribution in [3.8, 4) is 0 Å². The van der Waals surface area contributed by atoms with Crippen LogP contribution in [0.3, 0.4) is 0 Å². The summed E-state index contributed by atoms with van der Waals surface area (Å²) in [6.07, 6.45) is 1.15. The lowest BCUT2D eigenvalue weighted by atomic mass is 10.3. The predicted octanol–water partition coefficient (Wildman–Crippen LogP) is 0.572. The van der Waals surface area contributed by atoms with Crippen LogP contribution in [0.1, 0.15) is 11.4 Å². The average molecular weight is 136 g/mol. The molecule has 2 N–H and O–H groups in total. The SMILES string of the molecule is N=Cc1cccc(CO)n1. The minimum atomic E-state index is -0.0678. The molecule has 0 saturated carbocycles. The van der Waals surface area contributed by atoms with Gasteiger partial charge in [0.05, 0.1) is 18.0 Å². The Hall–Kier alpha value is -1.22. The number of aliphatic hydroxyl groups excluding tert-OH is 1. The molecule has 0 bridgehead atoms. The first kappa shape index (κ1) is 6.89. The Balaban J connectivity index is 2.98. The zero-order valence-electron chi connectivity index (χ0n) is 5.41. The smallest absolute Gasteiger partial charge is 0.0853 e. The fourth-order valence-corrected chi connectivity index (χ4v) is 0.667. The number of hydrogen-bond acceptors (Lipinski definition) is 3. The van der Waals surface area contributed by atoms with Crippen molar-refractivity contribution < 1.29 is 5.11 Å². The topological polar surface area (TPSA) is 57.0 Å². The molecule has 0 aliphatic heterocycles. The van der Waals surface area contributed by atoms with Gasteiger partial charge < -0.3 is 10.5 Å². The van der Waals surface area contributed by atoms with Crippen molar-refractivity contribution in [1.82, 2.24) is 4.98 Å². The normalized spacial score (nSPS) is 9.30. The molecule has 1 aromatic rings. The van der Waals surface area contributed by atoms with Crippen LogP contribution in [0.2, 0.25) is 0 Å². The van der Waals surface area contributed by atoms with E-state index < -0.39 is 0 Å². The predicted molar refractivity (Wildman–Crippen MR) is 38.0 cm³/mol. The van der Waals surface area contributed by atoms with Gasteiger partial charge in [0.1, 0.15) is 0 Å². The summed E-state index contributed by atoms with van der Waals surface area (Å²) in [4.78, 5) is 3.92. The molecular formula is C7H8N2O. The molecule has 3 heteroatoms. The Morgan fingerprint density at radius 1 is 1.60 bits per heavy atom. The molecule has 1 rings (SSSR count). The first-order valence-corrected chi connectivity index (χ1v) is 2.94. The molecule has 0 aliphatic carbocycles. The third-order valence-corrected chi connectivity index (χ3v) is 1.14. The first-order valence-electron chi connectivity index (χ1n) is 2.94. The van der Waals surface area contributed by atoms with Gasteiger partial charge in [-0.25, -0.2) is 4.98 Å². The number of pyridine rings is 1. The zero-order chi connectivity index (χ0) is 7.40. The Labute approximate surface area is 58.9 Å². The Morgan fingerprint density at radius 2 is 2.40 bits per heavy atom. The molecule has 0 atom stereocenters. The second-order valence-corrected chi connectivity index (χ2v) is 1.86. The lowest BCUT2D eigenvalue weighted by molar-refractivity contribution is 0.277. The maximum atomic E-state index is 8.62. The van der Waals surface area contributed by atoms with Crippen LogP contribution in [0, 0.1) is 5.41 Å². The van der Waals surface area contributed by atoms with Gasteiger partial charge in [-0.2, -0.15) is 0 Å². The van der Waals surface area contributed by atoms with Gasteiger partial charge in [-0.15, -0.1) is 0 Å². The van der Waals surface area contributed by atoms with E-state index in [1.165, 1.54) is 0 Å². The summed E-state index contributed by atoms with van der Waals surface area (Å²) < 4.78 is 0. The van der Waals surface area contributed by atoms with E-state index in [4.69, 9.17) is 10.5 Å². The molecule has 10 heavy (non-hydrogen) atoms. The van der Waals surface area contributed by atoms with Crippen molar-refractivity contribution in [2.75, 3.05) is 0 Å². The molecular weight excluding hydrogens is 128 g/mol. The van der Waals surface area contributed by atoms with Gasteiger partial charge in [-0.1, -0.05) is 6.07 Å². The van der Waals surface area contributed by atoms with E-state index in [0.29, 0.717) is 11.4 Å². The Bertz CT molecular complexity index is 235. The fraction of sp³-hybridized carbons (Fsp3) is 0.143. The minimum absolute atomic E-state index is 0.0678. The highest BCUT2D eigenvalue weighted by molar-refractivity contribution is 5.73. The van der Waals surface area contributed by atoms with E-state index >= 15 is 0 Å². The summed E-state index contributed by atoms with van der Waals surface area (Å²) in [7, 11) is 0. The van der Waals surface area contributed by atoms with Gasteiger partial charge in [-0.3, -0.25) is 0 Å². The minimum Gasteiger partial charge on any atom is -0.390 e. The van der Waals surface area contributed by atoms with Crippen molar-refractivity contribution >= 4 is 6.21 Å². The van der Waals surface area contributed by atoms with Crippen LogP contribution in [-0.2, 0) is 6.61 Å². The average Bonchev–Trinajstić information content (AvgIpc) is 2.05. The van der Waals surface area contributed by atoms with Crippen LogP contribution in [0.4, 0.5) is 0 Å². The van der Waals surface area contributed by atoms with Crippen molar-refractivity contribution in [2.24, 2.45) is 0 Å². The van der Waals surface area contributed by atoms with Gasteiger partial charge in [0.25, 0.3) is 0 Å². The Kier molecular flexibility index (Phi) is 2.12. The number of rotatable bonds is 2. The summed E-state index contributed by atoms with van der Waals surface area (Å²) in [5.74, 6) is 0. The molecule has 52 valence electrons. The van der Waals surface area contributed by atoms with Crippen molar-refractivity contribution in [3.05, 3.63) is 29.6 Å². The lowest BCUT2D eigenvalue weighted by Gasteiger charge is -1.94. The molecule has 0 fully saturated rings. The highest BCUT2D eigenvalue weighted by Gasteiger charge is 1.90. The quantitative estimate of drug-likeness (QED) is 0.584. The van der Waals surface area contributed by atoms with Crippen LogP contribution in [0.5, 0.6) is 0 Å². The summed E-state index contributed by atoms with van der Waals surface area (Å²) in [6.45, 7) is -0.0678. The molecule has 3 nitrogen and oxygen atoms in total. The van der Waals surface area contributed by atoms with Crippen LogP contribution in [0.25, 0.3) is 0 Å².